The Morgan fingerprint density at radius 3 is 2.67 bits per heavy atom. The molecule has 1 aliphatic carbocycles. The number of nitrogens with one attached hydrogen (secondary N) is 2. The predicted octanol–water partition coefficient (Wildman–Crippen LogP) is 1.94. The second-order valence-electron chi connectivity index (χ2n) is 6.18. The zero-order valence-corrected chi connectivity index (χ0v) is 13.4. The molecule has 0 aliphatic heterocycles. The molecular formula is C18H20N2O4. The van der Waals surface area contributed by atoms with Crippen LogP contribution in [0.5, 0.6) is 0 Å². The van der Waals surface area contributed by atoms with Gasteiger partial charge in [-0.15, -0.1) is 0 Å². The number of rotatable bonds is 5. The summed E-state index contributed by atoms with van der Waals surface area (Å²) in [5.41, 5.74) is 0.260. The Balaban J connectivity index is 1.61. The molecule has 3 rings (SSSR count). The zero-order valence-electron chi connectivity index (χ0n) is 13.4. The fraction of sp³-hybridized carbons (Fsp3) is 0.333. The first-order valence-corrected chi connectivity index (χ1v) is 7.91. The van der Waals surface area contributed by atoms with Crippen molar-refractivity contribution in [2.45, 2.75) is 25.4 Å². The molecule has 0 saturated heterocycles. The first-order valence-electron chi connectivity index (χ1n) is 7.91. The average Bonchev–Trinajstić information content (AvgIpc) is 3.27. The number of furan rings is 1. The van der Waals surface area contributed by atoms with E-state index in [9.17, 15) is 14.7 Å². The fourth-order valence-electron chi connectivity index (χ4n) is 2.72. The maximum atomic E-state index is 12.0. The summed E-state index contributed by atoms with van der Waals surface area (Å²) in [6, 6.07) is 10.5. The van der Waals surface area contributed by atoms with E-state index in [1.54, 1.807) is 30.3 Å². The summed E-state index contributed by atoms with van der Waals surface area (Å²) in [5, 5.41) is 15.9. The lowest BCUT2D eigenvalue weighted by Gasteiger charge is -2.26. The van der Waals surface area contributed by atoms with E-state index in [0.29, 0.717) is 11.4 Å². The van der Waals surface area contributed by atoms with Gasteiger partial charge in [-0.25, -0.2) is 0 Å². The minimum atomic E-state index is -1.28. The van der Waals surface area contributed by atoms with Gasteiger partial charge in [-0.05, 0) is 55.5 Å². The third-order valence-corrected chi connectivity index (χ3v) is 4.20. The van der Waals surface area contributed by atoms with Crippen molar-refractivity contribution >= 4 is 17.5 Å². The number of aliphatic hydroxyl groups is 1. The highest BCUT2D eigenvalue weighted by Crippen LogP contribution is 2.45. The van der Waals surface area contributed by atoms with Crippen molar-refractivity contribution < 1.29 is 19.1 Å². The summed E-state index contributed by atoms with van der Waals surface area (Å²) < 4.78 is 5.30. The van der Waals surface area contributed by atoms with Gasteiger partial charge in [0, 0.05) is 5.69 Å². The molecule has 1 heterocycles. The van der Waals surface area contributed by atoms with Crippen LogP contribution in [-0.4, -0.2) is 23.5 Å². The van der Waals surface area contributed by atoms with Crippen LogP contribution >= 0.6 is 0 Å². The highest BCUT2D eigenvalue weighted by Gasteiger charge is 2.47. The monoisotopic (exact) mass is 328 g/mol. The van der Waals surface area contributed by atoms with Gasteiger partial charge in [-0.2, -0.15) is 0 Å². The number of benzene rings is 1. The average molecular weight is 328 g/mol. The summed E-state index contributed by atoms with van der Waals surface area (Å²) in [6.45, 7) is 1.83. The standard InChI is InChI=1S/C18H20N2O4/c1-12-4-2-5-14(10-12)20-17(22)16(21)19-11-18(23,13-7-8-13)15-6-3-9-24-15/h2-6,9-10,13,23H,7-8,11H2,1H3,(H,19,21)(H,20,22). The molecule has 1 atom stereocenters. The van der Waals surface area contributed by atoms with Gasteiger partial charge in [0.2, 0.25) is 0 Å². The van der Waals surface area contributed by atoms with Crippen molar-refractivity contribution in [2.75, 3.05) is 11.9 Å². The summed E-state index contributed by atoms with van der Waals surface area (Å²) in [4.78, 5) is 24.0. The Morgan fingerprint density at radius 2 is 2.04 bits per heavy atom. The largest absolute Gasteiger partial charge is 0.466 e. The third-order valence-electron chi connectivity index (χ3n) is 4.20. The zero-order chi connectivity index (χ0) is 17.2. The van der Waals surface area contributed by atoms with Crippen LogP contribution in [0.2, 0.25) is 0 Å². The van der Waals surface area contributed by atoms with E-state index >= 15 is 0 Å². The Morgan fingerprint density at radius 1 is 1.25 bits per heavy atom. The van der Waals surface area contributed by atoms with Crippen molar-refractivity contribution in [1.29, 1.82) is 0 Å². The highest BCUT2D eigenvalue weighted by atomic mass is 16.4. The molecule has 1 aliphatic rings. The summed E-state index contributed by atoms with van der Waals surface area (Å²) in [7, 11) is 0. The Kier molecular flexibility index (Phi) is 4.40. The van der Waals surface area contributed by atoms with E-state index in [2.05, 4.69) is 10.6 Å². The molecule has 6 nitrogen and oxygen atoms in total. The number of hydrogen-bond donors (Lipinski definition) is 3. The van der Waals surface area contributed by atoms with Crippen molar-refractivity contribution in [1.82, 2.24) is 5.32 Å². The molecule has 1 unspecified atom stereocenters. The molecule has 1 fully saturated rings. The molecule has 1 aromatic heterocycles. The maximum Gasteiger partial charge on any atom is 0.313 e. The van der Waals surface area contributed by atoms with Crippen molar-refractivity contribution in [3.8, 4) is 0 Å². The van der Waals surface area contributed by atoms with Crippen molar-refractivity contribution in [2.24, 2.45) is 5.92 Å². The Labute approximate surface area is 139 Å². The maximum absolute atomic E-state index is 12.0. The van der Waals surface area contributed by atoms with Gasteiger partial charge in [0.25, 0.3) is 0 Å². The van der Waals surface area contributed by atoms with Gasteiger partial charge < -0.3 is 20.2 Å². The summed E-state index contributed by atoms with van der Waals surface area (Å²) >= 11 is 0. The van der Waals surface area contributed by atoms with Gasteiger partial charge in [-0.3, -0.25) is 9.59 Å². The molecule has 1 aromatic carbocycles. The van der Waals surface area contributed by atoms with Crippen molar-refractivity contribution in [3.05, 3.63) is 54.0 Å². The molecule has 2 amide bonds. The van der Waals surface area contributed by atoms with E-state index in [1.165, 1.54) is 6.26 Å². The van der Waals surface area contributed by atoms with Crippen molar-refractivity contribution in [3.63, 3.8) is 0 Å². The predicted molar refractivity (Wildman–Crippen MR) is 88.1 cm³/mol. The summed E-state index contributed by atoms with van der Waals surface area (Å²) in [6.07, 6.45) is 3.21. The highest BCUT2D eigenvalue weighted by molar-refractivity contribution is 6.39. The number of aryl methyl sites for hydroxylation is 1. The second-order valence-corrected chi connectivity index (χ2v) is 6.18. The summed E-state index contributed by atoms with van der Waals surface area (Å²) in [5.74, 6) is -1.12. The van der Waals surface area contributed by atoms with Gasteiger partial charge >= 0.3 is 11.8 Å². The lowest BCUT2D eigenvalue weighted by atomic mass is 9.94. The smallest absolute Gasteiger partial charge is 0.313 e. The fourth-order valence-corrected chi connectivity index (χ4v) is 2.72. The molecule has 3 N–H and O–H groups in total. The number of carbonyl (C=O) groups excluding carboxylic acids is 2. The minimum Gasteiger partial charge on any atom is -0.466 e. The van der Waals surface area contributed by atoms with Crippen LogP contribution in [0.3, 0.4) is 0 Å². The SMILES string of the molecule is Cc1cccc(NC(=O)C(=O)NCC(O)(c2ccco2)C2CC2)c1. The molecule has 0 bridgehead atoms. The number of anilines is 1. The van der Waals surface area contributed by atoms with Gasteiger partial charge in [0.05, 0.1) is 12.8 Å². The van der Waals surface area contributed by atoms with Crippen LogP contribution in [0.4, 0.5) is 5.69 Å². The van der Waals surface area contributed by atoms with Gasteiger partial charge in [0.1, 0.15) is 11.4 Å². The number of amides is 2. The Hall–Kier alpha value is -2.60. The number of carbonyl (C=O) groups is 2. The van der Waals surface area contributed by atoms with Crippen LogP contribution in [0.1, 0.15) is 24.2 Å². The first-order chi connectivity index (χ1) is 11.5. The van der Waals surface area contributed by atoms with E-state index in [4.69, 9.17) is 4.42 Å². The van der Waals surface area contributed by atoms with Gasteiger partial charge in [-0.1, -0.05) is 12.1 Å². The first kappa shape index (κ1) is 16.3. The second kappa shape index (κ2) is 6.49. The lowest BCUT2D eigenvalue weighted by molar-refractivity contribution is -0.137. The lowest BCUT2D eigenvalue weighted by Crippen LogP contribution is -2.45. The van der Waals surface area contributed by atoms with Crippen LogP contribution in [-0.2, 0) is 15.2 Å². The molecular weight excluding hydrogens is 308 g/mol. The normalized spacial score (nSPS) is 16.2. The molecule has 0 radical (unpaired) electrons. The topological polar surface area (TPSA) is 91.6 Å². The van der Waals surface area contributed by atoms with E-state index in [1.807, 2.05) is 13.0 Å². The number of hydrogen-bond acceptors (Lipinski definition) is 4. The molecule has 126 valence electrons. The third kappa shape index (κ3) is 3.49. The van der Waals surface area contributed by atoms with Crippen LogP contribution in [0.15, 0.2) is 47.1 Å². The molecule has 6 heteroatoms. The van der Waals surface area contributed by atoms with E-state index in [-0.39, 0.29) is 12.5 Å². The Bertz CT molecular complexity index is 737. The molecule has 24 heavy (non-hydrogen) atoms. The van der Waals surface area contributed by atoms with Crippen LogP contribution in [0, 0.1) is 12.8 Å². The quantitative estimate of drug-likeness (QED) is 0.732. The van der Waals surface area contributed by atoms with E-state index in [0.717, 1.165) is 18.4 Å². The van der Waals surface area contributed by atoms with Gasteiger partial charge in [0.15, 0.2) is 0 Å². The molecule has 1 saturated carbocycles. The van der Waals surface area contributed by atoms with Crippen LogP contribution in [0.25, 0.3) is 0 Å². The molecule has 2 aromatic rings. The molecule has 0 spiro atoms. The van der Waals surface area contributed by atoms with Crippen LogP contribution < -0.4 is 10.6 Å². The van der Waals surface area contributed by atoms with E-state index < -0.39 is 17.4 Å². The minimum absolute atomic E-state index is 0.0313.